The highest BCUT2D eigenvalue weighted by Gasteiger charge is 2.15. The predicted octanol–water partition coefficient (Wildman–Crippen LogP) is 3.33. The SMILES string of the molecule is Cc1nn(-c2ccccc2)c(C)c1CNC(=O)c1cccc([N+](=O)[O-])c1. The fraction of sp³-hybridized carbons (Fsp3) is 0.158. The van der Waals surface area contributed by atoms with Gasteiger partial charge in [0.1, 0.15) is 0 Å². The number of nitrogens with one attached hydrogen (secondary N) is 1. The molecule has 3 rings (SSSR count). The number of benzene rings is 2. The summed E-state index contributed by atoms with van der Waals surface area (Å²) in [6.07, 6.45) is 0. The van der Waals surface area contributed by atoms with Crippen LogP contribution < -0.4 is 5.32 Å². The standard InChI is InChI=1S/C19H18N4O3/c1-13-18(14(2)22(21-13)16-8-4-3-5-9-16)12-20-19(24)15-7-6-10-17(11-15)23(25)26/h3-11H,12H2,1-2H3,(H,20,24). The number of aromatic nitrogens is 2. The van der Waals surface area contributed by atoms with Crippen molar-refractivity contribution < 1.29 is 9.72 Å². The molecule has 0 aliphatic heterocycles. The summed E-state index contributed by atoms with van der Waals surface area (Å²) in [6, 6.07) is 15.4. The van der Waals surface area contributed by atoms with Crippen LogP contribution in [0.5, 0.6) is 0 Å². The number of hydrogen-bond donors (Lipinski definition) is 1. The number of nitro benzene ring substituents is 1. The van der Waals surface area contributed by atoms with Gasteiger partial charge in [0.25, 0.3) is 11.6 Å². The fourth-order valence-electron chi connectivity index (χ4n) is 2.78. The van der Waals surface area contributed by atoms with Gasteiger partial charge in [-0.25, -0.2) is 4.68 Å². The van der Waals surface area contributed by atoms with E-state index in [1.165, 1.54) is 18.2 Å². The number of hydrogen-bond acceptors (Lipinski definition) is 4. The van der Waals surface area contributed by atoms with Crippen molar-refractivity contribution in [3.63, 3.8) is 0 Å². The van der Waals surface area contributed by atoms with Crippen LogP contribution in [0.15, 0.2) is 54.6 Å². The van der Waals surface area contributed by atoms with Crippen molar-refractivity contribution in [3.05, 3.63) is 87.2 Å². The fourth-order valence-corrected chi connectivity index (χ4v) is 2.78. The quantitative estimate of drug-likeness (QED) is 0.564. The van der Waals surface area contributed by atoms with Gasteiger partial charge in [0.05, 0.1) is 16.3 Å². The highest BCUT2D eigenvalue weighted by Crippen LogP contribution is 2.18. The molecular weight excluding hydrogens is 332 g/mol. The van der Waals surface area contributed by atoms with E-state index >= 15 is 0 Å². The van der Waals surface area contributed by atoms with Crippen molar-refractivity contribution in [2.45, 2.75) is 20.4 Å². The largest absolute Gasteiger partial charge is 0.348 e. The lowest BCUT2D eigenvalue weighted by Crippen LogP contribution is -2.23. The highest BCUT2D eigenvalue weighted by atomic mass is 16.6. The first-order valence-electron chi connectivity index (χ1n) is 8.10. The molecule has 0 saturated heterocycles. The summed E-state index contributed by atoms with van der Waals surface area (Å²) in [5.74, 6) is -0.361. The second-order valence-electron chi connectivity index (χ2n) is 5.89. The minimum Gasteiger partial charge on any atom is -0.348 e. The van der Waals surface area contributed by atoms with Crippen molar-refractivity contribution in [1.82, 2.24) is 15.1 Å². The average Bonchev–Trinajstić information content (AvgIpc) is 2.94. The molecule has 26 heavy (non-hydrogen) atoms. The zero-order chi connectivity index (χ0) is 18.7. The molecule has 3 aromatic rings. The first kappa shape index (κ1) is 17.3. The maximum Gasteiger partial charge on any atom is 0.270 e. The van der Waals surface area contributed by atoms with Crippen LogP contribution in [0.3, 0.4) is 0 Å². The molecule has 7 heteroatoms. The number of carbonyl (C=O) groups excluding carboxylic acids is 1. The second-order valence-corrected chi connectivity index (χ2v) is 5.89. The molecule has 0 saturated carbocycles. The van der Waals surface area contributed by atoms with E-state index in [-0.39, 0.29) is 17.2 Å². The molecule has 0 spiro atoms. The number of nitrogens with zero attached hydrogens (tertiary/aromatic N) is 3. The van der Waals surface area contributed by atoms with Gasteiger partial charge < -0.3 is 5.32 Å². The Kier molecular flexibility index (Phi) is 4.79. The molecule has 1 N–H and O–H groups in total. The predicted molar refractivity (Wildman–Crippen MR) is 97.3 cm³/mol. The van der Waals surface area contributed by atoms with Crippen LogP contribution in [0.1, 0.15) is 27.3 Å². The monoisotopic (exact) mass is 350 g/mol. The van der Waals surface area contributed by atoms with Crippen molar-refractivity contribution in [2.75, 3.05) is 0 Å². The molecule has 0 atom stereocenters. The normalized spacial score (nSPS) is 10.5. The van der Waals surface area contributed by atoms with Gasteiger partial charge in [-0.05, 0) is 32.0 Å². The third kappa shape index (κ3) is 3.46. The maximum atomic E-state index is 12.3. The Morgan fingerprint density at radius 2 is 1.88 bits per heavy atom. The molecule has 2 aromatic carbocycles. The van der Waals surface area contributed by atoms with E-state index in [2.05, 4.69) is 10.4 Å². The van der Waals surface area contributed by atoms with E-state index < -0.39 is 4.92 Å². The lowest BCUT2D eigenvalue weighted by molar-refractivity contribution is -0.384. The Morgan fingerprint density at radius 3 is 2.58 bits per heavy atom. The van der Waals surface area contributed by atoms with Crippen LogP contribution >= 0.6 is 0 Å². The molecule has 0 bridgehead atoms. The van der Waals surface area contributed by atoms with E-state index in [0.717, 1.165) is 22.6 Å². The van der Waals surface area contributed by atoms with E-state index in [4.69, 9.17) is 0 Å². The van der Waals surface area contributed by atoms with Gasteiger partial charge in [-0.2, -0.15) is 5.10 Å². The lowest BCUT2D eigenvalue weighted by Gasteiger charge is -2.07. The molecule has 1 amide bonds. The van der Waals surface area contributed by atoms with Gasteiger partial charge in [0.2, 0.25) is 0 Å². The van der Waals surface area contributed by atoms with Crippen molar-refractivity contribution in [2.24, 2.45) is 0 Å². The third-order valence-electron chi connectivity index (χ3n) is 4.19. The second kappa shape index (κ2) is 7.18. The summed E-state index contributed by atoms with van der Waals surface area (Å²) in [6.45, 7) is 4.13. The summed E-state index contributed by atoms with van der Waals surface area (Å²) in [4.78, 5) is 22.7. The van der Waals surface area contributed by atoms with Crippen LogP contribution in [0.2, 0.25) is 0 Å². The van der Waals surface area contributed by atoms with Crippen molar-refractivity contribution in [1.29, 1.82) is 0 Å². The Labute approximate surface area is 150 Å². The van der Waals surface area contributed by atoms with Gasteiger partial charge in [-0.15, -0.1) is 0 Å². The van der Waals surface area contributed by atoms with E-state index in [9.17, 15) is 14.9 Å². The van der Waals surface area contributed by atoms with Crippen LogP contribution in [-0.4, -0.2) is 20.6 Å². The van der Waals surface area contributed by atoms with Gasteiger partial charge in [0.15, 0.2) is 0 Å². The molecule has 1 heterocycles. The number of rotatable bonds is 5. The number of aryl methyl sites for hydroxylation is 1. The number of non-ortho nitro benzene ring substituents is 1. The number of carbonyl (C=O) groups is 1. The Balaban J connectivity index is 1.78. The van der Waals surface area contributed by atoms with Crippen LogP contribution in [0, 0.1) is 24.0 Å². The molecular formula is C19H18N4O3. The van der Waals surface area contributed by atoms with E-state index in [1.54, 1.807) is 6.07 Å². The molecule has 1 aromatic heterocycles. The molecule has 0 aliphatic carbocycles. The lowest BCUT2D eigenvalue weighted by atomic mass is 10.1. The van der Waals surface area contributed by atoms with Crippen LogP contribution in [0.4, 0.5) is 5.69 Å². The molecule has 132 valence electrons. The smallest absolute Gasteiger partial charge is 0.270 e. The number of amides is 1. The summed E-state index contributed by atoms with van der Waals surface area (Å²) in [5, 5.41) is 18.2. The average molecular weight is 350 g/mol. The van der Waals surface area contributed by atoms with Gasteiger partial charge in [-0.3, -0.25) is 14.9 Å². The minimum absolute atomic E-state index is 0.109. The summed E-state index contributed by atoms with van der Waals surface area (Å²) >= 11 is 0. The topological polar surface area (TPSA) is 90.1 Å². The maximum absolute atomic E-state index is 12.3. The summed E-state index contributed by atoms with van der Waals surface area (Å²) in [5.41, 5.74) is 3.78. The van der Waals surface area contributed by atoms with E-state index in [1.807, 2.05) is 48.9 Å². The first-order valence-corrected chi connectivity index (χ1v) is 8.10. The number of para-hydroxylation sites is 1. The molecule has 0 fully saturated rings. The summed E-state index contributed by atoms with van der Waals surface area (Å²) < 4.78 is 1.84. The first-order chi connectivity index (χ1) is 12.5. The van der Waals surface area contributed by atoms with Gasteiger partial charge in [0, 0.05) is 35.5 Å². The zero-order valence-electron chi connectivity index (χ0n) is 14.5. The zero-order valence-corrected chi connectivity index (χ0v) is 14.5. The van der Waals surface area contributed by atoms with Crippen LogP contribution in [0.25, 0.3) is 5.69 Å². The van der Waals surface area contributed by atoms with Crippen LogP contribution in [-0.2, 0) is 6.54 Å². The van der Waals surface area contributed by atoms with Crippen molar-refractivity contribution in [3.8, 4) is 5.69 Å². The van der Waals surface area contributed by atoms with Gasteiger partial charge in [-0.1, -0.05) is 24.3 Å². The Bertz CT molecular complexity index is 964. The van der Waals surface area contributed by atoms with E-state index in [0.29, 0.717) is 6.54 Å². The molecule has 0 unspecified atom stereocenters. The Hall–Kier alpha value is -3.48. The number of nitro groups is 1. The molecule has 7 nitrogen and oxygen atoms in total. The molecule has 0 aliphatic rings. The van der Waals surface area contributed by atoms with Gasteiger partial charge >= 0.3 is 0 Å². The third-order valence-corrected chi connectivity index (χ3v) is 4.19. The summed E-state index contributed by atoms with van der Waals surface area (Å²) in [7, 11) is 0. The minimum atomic E-state index is -0.519. The molecule has 0 radical (unpaired) electrons. The Morgan fingerprint density at radius 1 is 1.15 bits per heavy atom. The highest BCUT2D eigenvalue weighted by molar-refractivity contribution is 5.94. The van der Waals surface area contributed by atoms with Crippen molar-refractivity contribution >= 4 is 11.6 Å².